The molecule has 0 bridgehead atoms. The number of rotatable bonds is 7. The summed E-state index contributed by atoms with van der Waals surface area (Å²) >= 11 is 0. The van der Waals surface area contributed by atoms with E-state index in [1.165, 1.54) is 31.2 Å². The first kappa shape index (κ1) is 14.2. The van der Waals surface area contributed by atoms with Gasteiger partial charge in [0.1, 0.15) is 11.5 Å². The van der Waals surface area contributed by atoms with E-state index in [1.807, 2.05) is 12.1 Å². The van der Waals surface area contributed by atoms with Gasteiger partial charge in [-0.1, -0.05) is 19.4 Å². The first-order valence-corrected chi connectivity index (χ1v) is 7.14. The second kappa shape index (κ2) is 6.29. The third-order valence-corrected chi connectivity index (χ3v) is 4.47. The van der Waals surface area contributed by atoms with Crippen molar-refractivity contribution >= 4 is 0 Å². The van der Waals surface area contributed by atoms with Crippen molar-refractivity contribution in [3.8, 4) is 11.5 Å². The molecule has 1 fully saturated rings. The van der Waals surface area contributed by atoms with Crippen molar-refractivity contribution in [2.24, 2.45) is 5.41 Å². The molecule has 0 aromatic heterocycles. The van der Waals surface area contributed by atoms with Crippen LogP contribution < -0.4 is 14.8 Å². The maximum absolute atomic E-state index is 5.42. The van der Waals surface area contributed by atoms with E-state index in [2.05, 4.69) is 18.3 Å². The molecule has 1 aromatic carbocycles. The van der Waals surface area contributed by atoms with Gasteiger partial charge in [0.2, 0.25) is 0 Å². The summed E-state index contributed by atoms with van der Waals surface area (Å²) in [5.74, 6) is 1.73. The molecule has 106 valence electrons. The largest absolute Gasteiger partial charge is 0.497 e. The van der Waals surface area contributed by atoms with E-state index in [1.54, 1.807) is 14.2 Å². The molecule has 3 nitrogen and oxygen atoms in total. The molecule has 0 spiro atoms. The van der Waals surface area contributed by atoms with Crippen molar-refractivity contribution in [2.45, 2.75) is 39.2 Å². The highest BCUT2D eigenvalue weighted by Crippen LogP contribution is 2.43. The Morgan fingerprint density at radius 1 is 1.21 bits per heavy atom. The zero-order valence-corrected chi connectivity index (χ0v) is 12.3. The van der Waals surface area contributed by atoms with Crippen molar-refractivity contribution in [3.63, 3.8) is 0 Å². The van der Waals surface area contributed by atoms with Gasteiger partial charge in [0.05, 0.1) is 14.2 Å². The highest BCUT2D eigenvalue weighted by molar-refractivity contribution is 5.40. The Bertz CT molecular complexity index is 408. The van der Waals surface area contributed by atoms with Crippen molar-refractivity contribution in [1.29, 1.82) is 0 Å². The molecule has 0 saturated heterocycles. The van der Waals surface area contributed by atoms with Gasteiger partial charge in [-0.3, -0.25) is 0 Å². The number of methoxy groups -OCH3 is 2. The number of nitrogens with one attached hydrogen (secondary N) is 1. The van der Waals surface area contributed by atoms with Crippen LogP contribution in [0.3, 0.4) is 0 Å². The number of ether oxygens (including phenoxy) is 2. The summed E-state index contributed by atoms with van der Waals surface area (Å²) in [5.41, 5.74) is 1.74. The van der Waals surface area contributed by atoms with Crippen molar-refractivity contribution in [3.05, 3.63) is 23.8 Å². The molecule has 1 saturated carbocycles. The Labute approximate surface area is 116 Å². The van der Waals surface area contributed by atoms with E-state index in [-0.39, 0.29) is 0 Å². The maximum atomic E-state index is 5.42. The zero-order valence-electron chi connectivity index (χ0n) is 12.3. The highest BCUT2D eigenvalue weighted by Gasteiger charge is 2.34. The number of hydrogen-bond acceptors (Lipinski definition) is 3. The Balaban J connectivity index is 1.92. The second-order valence-corrected chi connectivity index (χ2v) is 5.49. The van der Waals surface area contributed by atoms with Gasteiger partial charge in [-0.05, 0) is 30.7 Å². The molecule has 0 amide bonds. The van der Waals surface area contributed by atoms with Crippen LogP contribution in [0.2, 0.25) is 0 Å². The van der Waals surface area contributed by atoms with Gasteiger partial charge in [0.15, 0.2) is 0 Å². The lowest BCUT2D eigenvalue weighted by atomic mass is 9.67. The molecule has 0 radical (unpaired) electrons. The van der Waals surface area contributed by atoms with Crippen LogP contribution in [0.4, 0.5) is 0 Å². The average molecular weight is 263 g/mol. The van der Waals surface area contributed by atoms with Crippen LogP contribution in [0, 0.1) is 5.41 Å². The minimum Gasteiger partial charge on any atom is -0.497 e. The third-order valence-electron chi connectivity index (χ3n) is 4.47. The van der Waals surface area contributed by atoms with E-state index >= 15 is 0 Å². The topological polar surface area (TPSA) is 30.5 Å². The van der Waals surface area contributed by atoms with Crippen LogP contribution in [0.25, 0.3) is 0 Å². The molecule has 0 atom stereocenters. The van der Waals surface area contributed by atoms with Gasteiger partial charge in [-0.15, -0.1) is 0 Å². The Hall–Kier alpha value is -1.22. The predicted molar refractivity (Wildman–Crippen MR) is 77.8 cm³/mol. The van der Waals surface area contributed by atoms with Crippen molar-refractivity contribution in [1.82, 2.24) is 5.32 Å². The maximum Gasteiger partial charge on any atom is 0.127 e. The quantitative estimate of drug-likeness (QED) is 0.818. The van der Waals surface area contributed by atoms with E-state index in [0.29, 0.717) is 5.41 Å². The minimum absolute atomic E-state index is 0.555. The van der Waals surface area contributed by atoms with E-state index in [0.717, 1.165) is 24.6 Å². The molecule has 1 N–H and O–H groups in total. The average Bonchev–Trinajstić information content (AvgIpc) is 2.42. The fourth-order valence-electron chi connectivity index (χ4n) is 2.79. The van der Waals surface area contributed by atoms with Gasteiger partial charge < -0.3 is 14.8 Å². The molecule has 1 aliphatic rings. The van der Waals surface area contributed by atoms with Crippen LogP contribution in [-0.2, 0) is 6.54 Å². The van der Waals surface area contributed by atoms with Gasteiger partial charge in [0, 0.05) is 24.7 Å². The lowest BCUT2D eigenvalue weighted by Gasteiger charge is -2.41. The van der Waals surface area contributed by atoms with Crippen LogP contribution in [0.15, 0.2) is 18.2 Å². The fourth-order valence-corrected chi connectivity index (χ4v) is 2.79. The lowest BCUT2D eigenvalue weighted by Crippen LogP contribution is -2.39. The first-order chi connectivity index (χ1) is 9.23. The molecular formula is C16H25NO2. The van der Waals surface area contributed by atoms with Crippen LogP contribution in [0.5, 0.6) is 11.5 Å². The molecule has 19 heavy (non-hydrogen) atoms. The highest BCUT2D eigenvalue weighted by atomic mass is 16.5. The molecule has 0 heterocycles. The second-order valence-electron chi connectivity index (χ2n) is 5.49. The van der Waals surface area contributed by atoms with Crippen molar-refractivity contribution < 1.29 is 9.47 Å². The Kier molecular flexibility index (Phi) is 4.70. The van der Waals surface area contributed by atoms with Crippen LogP contribution in [-0.4, -0.2) is 20.8 Å². The summed E-state index contributed by atoms with van der Waals surface area (Å²) in [5, 5.41) is 3.59. The summed E-state index contributed by atoms with van der Waals surface area (Å²) in [6.45, 7) is 4.27. The van der Waals surface area contributed by atoms with E-state index in [9.17, 15) is 0 Å². The third kappa shape index (κ3) is 3.21. The Morgan fingerprint density at radius 3 is 2.53 bits per heavy atom. The summed E-state index contributed by atoms with van der Waals surface area (Å²) in [6, 6.07) is 6.00. The normalized spacial score (nSPS) is 16.8. The molecule has 2 rings (SSSR count). The van der Waals surface area contributed by atoms with Gasteiger partial charge in [-0.2, -0.15) is 0 Å². The number of hydrogen-bond donors (Lipinski definition) is 1. The van der Waals surface area contributed by atoms with E-state index in [4.69, 9.17) is 9.47 Å². The number of benzene rings is 1. The van der Waals surface area contributed by atoms with Gasteiger partial charge in [0.25, 0.3) is 0 Å². The molecule has 3 heteroatoms. The molecule has 0 aliphatic heterocycles. The lowest BCUT2D eigenvalue weighted by molar-refractivity contribution is 0.123. The van der Waals surface area contributed by atoms with Gasteiger partial charge in [-0.25, -0.2) is 0 Å². The zero-order chi connectivity index (χ0) is 13.7. The summed E-state index contributed by atoms with van der Waals surface area (Å²) in [6.07, 6.45) is 5.41. The monoisotopic (exact) mass is 263 g/mol. The molecule has 1 aliphatic carbocycles. The summed E-state index contributed by atoms with van der Waals surface area (Å²) in [4.78, 5) is 0. The first-order valence-electron chi connectivity index (χ1n) is 7.14. The smallest absolute Gasteiger partial charge is 0.127 e. The molecular weight excluding hydrogens is 238 g/mol. The Morgan fingerprint density at radius 2 is 2.00 bits per heavy atom. The summed E-state index contributed by atoms with van der Waals surface area (Å²) in [7, 11) is 3.38. The standard InChI is InChI=1S/C16H25NO2/c1-4-16(8-5-9-16)12-17-11-13-6-7-14(18-2)10-15(13)19-3/h6-7,10,17H,4-5,8-9,11-12H2,1-3H3. The predicted octanol–water partition coefficient (Wildman–Crippen LogP) is 3.37. The molecule has 0 unspecified atom stereocenters. The van der Waals surface area contributed by atoms with Crippen LogP contribution >= 0.6 is 0 Å². The van der Waals surface area contributed by atoms with E-state index < -0.39 is 0 Å². The SMILES string of the molecule is CCC1(CNCc2ccc(OC)cc2OC)CCC1. The summed E-state index contributed by atoms with van der Waals surface area (Å²) < 4.78 is 10.6. The van der Waals surface area contributed by atoms with Crippen LogP contribution in [0.1, 0.15) is 38.2 Å². The minimum atomic E-state index is 0.555. The molecule has 1 aromatic rings. The van der Waals surface area contributed by atoms with Gasteiger partial charge >= 0.3 is 0 Å². The fraction of sp³-hybridized carbons (Fsp3) is 0.625. The van der Waals surface area contributed by atoms with Crippen molar-refractivity contribution in [2.75, 3.05) is 20.8 Å².